The van der Waals surface area contributed by atoms with Gasteiger partial charge in [-0.1, -0.05) is 13.3 Å². The minimum atomic E-state index is -1.42. The zero-order valence-electron chi connectivity index (χ0n) is 13.6. The van der Waals surface area contributed by atoms with E-state index < -0.39 is 29.4 Å². The number of amides is 1. The summed E-state index contributed by atoms with van der Waals surface area (Å²) in [6.07, 6.45) is 0.649. The Hall–Kier alpha value is -1.33. The summed E-state index contributed by atoms with van der Waals surface area (Å²) in [4.78, 5) is 25.4. The van der Waals surface area contributed by atoms with Crippen molar-refractivity contribution in [2.75, 3.05) is 13.7 Å². The van der Waals surface area contributed by atoms with E-state index in [9.17, 15) is 14.0 Å². The van der Waals surface area contributed by atoms with Gasteiger partial charge in [0, 0.05) is 13.0 Å². The highest BCUT2D eigenvalue weighted by Gasteiger charge is 2.45. The monoisotopic (exact) mass is 303 g/mol. The van der Waals surface area contributed by atoms with Crippen LogP contribution in [0.4, 0.5) is 9.18 Å². The maximum Gasteiger partial charge on any atom is 0.411 e. The zero-order chi connectivity index (χ0) is 16.3. The lowest BCUT2D eigenvalue weighted by Gasteiger charge is -2.41. The largest absolute Gasteiger partial charge is 0.467 e. The average molecular weight is 303 g/mol. The van der Waals surface area contributed by atoms with Gasteiger partial charge in [-0.25, -0.2) is 14.0 Å². The van der Waals surface area contributed by atoms with Crippen molar-refractivity contribution >= 4 is 12.1 Å². The van der Waals surface area contributed by atoms with E-state index in [0.717, 1.165) is 0 Å². The van der Waals surface area contributed by atoms with Crippen LogP contribution in [0.25, 0.3) is 0 Å². The van der Waals surface area contributed by atoms with Crippen molar-refractivity contribution in [3.63, 3.8) is 0 Å². The lowest BCUT2D eigenvalue weighted by atomic mass is 9.84. The molecule has 0 aromatic rings. The van der Waals surface area contributed by atoms with Crippen molar-refractivity contribution in [3.05, 3.63) is 0 Å². The second-order valence-corrected chi connectivity index (χ2v) is 6.57. The van der Waals surface area contributed by atoms with Crippen LogP contribution in [0.1, 0.15) is 53.4 Å². The van der Waals surface area contributed by atoms with Crippen molar-refractivity contribution in [1.29, 1.82) is 0 Å². The van der Waals surface area contributed by atoms with Crippen LogP contribution < -0.4 is 0 Å². The van der Waals surface area contributed by atoms with Crippen LogP contribution in [0.3, 0.4) is 0 Å². The van der Waals surface area contributed by atoms with E-state index in [1.807, 2.05) is 6.92 Å². The summed E-state index contributed by atoms with van der Waals surface area (Å²) in [6.45, 7) is 7.30. The zero-order valence-corrected chi connectivity index (χ0v) is 13.6. The third-order valence-electron chi connectivity index (χ3n) is 3.54. The number of methoxy groups -OCH3 is 1. The Bertz CT molecular complexity index is 394. The Labute approximate surface area is 125 Å². The molecule has 0 N–H and O–H groups in total. The van der Waals surface area contributed by atoms with E-state index >= 15 is 0 Å². The van der Waals surface area contributed by atoms with Gasteiger partial charge in [-0.3, -0.25) is 4.90 Å². The molecule has 21 heavy (non-hydrogen) atoms. The molecule has 1 amide bonds. The Morgan fingerprint density at radius 1 is 1.38 bits per heavy atom. The molecule has 0 spiro atoms. The molecule has 0 aliphatic carbocycles. The second-order valence-electron chi connectivity index (χ2n) is 6.57. The number of likely N-dealkylation sites (tertiary alicyclic amines) is 1. The first kappa shape index (κ1) is 17.7. The number of halogens is 1. The molecule has 1 aliphatic heterocycles. The number of esters is 1. The van der Waals surface area contributed by atoms with E-state index in [-0.39, 0.29) is 19.4 Å². The first-order chi connectivity index (χ1) is 9.62. The number of ether oxygens (including phenoxy) is 2. The normalized spacial score (nSPS) is 26.4. The number of carbonyl (C=O) groups is 2. The molecule has 6 heteroatoms. The molecule has 0 radical (unpaired) electrons. The molecule has 0 bridgehead atoms. The molecule has 1 saturated heterocycles. The summed E-state index contributed by atoms with van der Waals surface area (Å²) in [5.41, 5.74) is -2.09. The summed E-state index contributed by atoms with van der Waals surface area (Å²) in [7, 11) is 1.24. The Balaban J connectivity index is 2.89. The fraction of sp³-hybridized carbons (Fsp3) is 0.867. The molecule has 0 aromatic heterocycles. The first-order valence-corrected chi connectivity index (χ1v) is 7.38. The number of rotatable bonds is 3. The maximum absolute atomic E-state index is 14.7. The van der Waals surface area contributed by atoms with Gasteiger partial charge in [0.15, 0.2) is 0 Å². The van der Waals surface area contributed by atoms with Crippen molar-refractivity contribution in [1.82, 2.24) is 4.90 Å². The quantitative estimate of drug-likeness (QED) is 0.752. The van der Waals surface area contributed by atoms with Crippen LogP contribution in [-0.4, -0.2) is 47.9 Å². The van der Waals surface area contributed by atoms with Gasteiger partial charge < -0.3 is 9.47 Å². The van der Waals surface area contributed by atoms with Gasteiger partial charge >= 0.3 is 12.1 Å². The van der Waals surface area contributed by atoms with Crippen molar-refractivity contribution in [2.24, 2.45) is 0 Å². The summed E-state index contributed by atoms with van der Waals surface area (Å²) in [5.74, 6) is -0.598. The fourth-order valence-corrected chi connectivity index (χ4v) is 2.60. The first-order valence-electron chi connectivity index (χ1n) is 7.38. The molecule has 1 fully saturated rings. The molecule has 0 aromatic carbocycles. The SMILES string of the molecule is CCCC1(F)CCN(C(=O)OC(C)(C)C)C(C(=O)OC)C1. The van der Waals surface area contributed by atoms with Crippen LogP contribution >= 0.6 is 0 Å². The minimum absolute atomic E-state index is 0.0350. The van der Waals surface area contributed by atoms with Crippen LogP contribution in [0.2, 0.25) is 0 Å². The van der Waals surface area contributed by atoms with Gasteiger partial charge in [-0.05, 0) is 33.6 Å². The van der Waals surface area contributed by atoms with Gasteiger partial charge in [-0.2, -0.15) is 0 Å². The van der Waals surface area contributed by atoms with Crippen LogP contribution in [0.15, 0.2) is 0 Å². The highest BCUT2D eigenvalue weighted by Crippen LogP contribution is 2.35. The molecule has 2 atom stereocenters. The summed E-state index contributed by atoms with van der Waals surface area (Å²) in [6, 6.07) is -0.921. The van der Waals surface area contributed by atoms with Crippen LogP contribution in [0.5, 0.6) is 0 Å². The smallest absolute Gasteiger partial charge is 0.411 e. The predicted molar refractivity (Wildman–Crippen MR) is 76.7 cm³/mol. The van der Waals surface area contributed by atoms with Crippen molar-refractivity contribution in [2.45, 2.75) is 70.7 Å². The standard InChI is InChI=1S/C15H26FNO4/c1-6-7-15(16)8-9-17(11(10-15)12(18)20-5)13(19)21-14(2,3)4/h11H,6-10H2,1-5H3. The molecular weight excluding hydrogens is 277 g/mol. The third-order valence-corrected chi connectivity index (χ3v) is 3.54. The van der Waals surface area contributed by atoms with Crippen LogP contribution in [-0.2, 0) is 14.3 Å². The molecule has 5 nitrogen and oxygen atoms in total. The van der Waals surface area contributed by atoms with E-state index in [1.165, 1.54) is 12.0 Å². The summed E-state index contributed by atoms with van der Waals surface area (Å²) < 4.78 is 24.7. The predicted octanol–water partition coefficient (Wildman–Crippen LogP) is 3.07. The number of hydrogen-bond acceptors (Lipinski definition) is 4. The van der Waals surface area contributed by atoms with Gasteiger partial charge in [0.1, 0.15) is 17.3 Å². The Morgan fingerprint density at radius 3 is 2.48 bits per heavy atom. The maximum atomic E-state index is 14.7. The Kier molecular flexibility index (Phi) is 5.59. The summed E-state index contributed by atoms with van der Waals surface area (Å²) in [5, 5.41) is 0. The van der Waals surface area contributed by atoms with Gasteiger partial charge in [0.2, 0.25) is 0 Å². The lowest BCUT2D eigenvalue weighted by Crippen LogP contribution is -2.55. The summed E-state index contributed by atoms with van der Waals surface area (Å²) >= 11 is 0. The van der Waals surface area contributed by atoms with Gasteiger partial charge in [0.25, 0.3) is 0 Å². The molecule has 0 saturated carbocycles. The topological polar surface area (TPSA) is 55.8 Å². The average Bonchev–Trinajstić information content (AvgIpc) is 2.35. The lowest BCUT2D eigenvalue weighted by molar-refractivity contribution is -0.151. The van der Waals surface area contributed by atoms with Gasteiger partial charge in [0.05, 0.1) is 7.11 Å². The highest BCUT2D eigenvalue weighted by atomic mass is 19.1. The van der Waals surface area contributed by atoms with Gasteiger partial charge in [-0.15, -0.1) is 0 Å². The number of nitrogens with zero attached hydrogens (tertiary/aromatic N) is 1. The molecule has 1 rings (SSSR count). The molecule has 122 valence electrons. The van der Waals surface area contributed by atoms with E-state index in [2.05, 4.69) is 0 Å². The molecular formula is C15H26FNO4. The van der Waals surface area contributed by atoms with Crippen LogP contribution in [0, 0.1) is 0 Å². The third kappa shape index (κ3) is 4.86. The van der Waals surface area contributed by atoms with E-state index in [1.54, 1.807) is 20.8 Å². The number of piperidine rings is 1. The van der Waals surface area contributed by atoms with Crippen molar-refractivity contribution < 1.29 is 23.5 Å². The Morgan fingerprint density at radius 2 is 2.00 bits per heavy atom. The van der Waals surface area contributed by atoms with Crippen molar-refractivity contribution in [3.8, 4) is 0 Å². The molecule has 1 aliphatic rings. The number of carbonyl (C=O) groups excluding carboxylic acids is 2. The highest BCUT2D eigenvalue weighted by molar-refractivity contribution is 5.82. The minimum Gasteiger partial charge on any atom is -0.467 e. The second kappa shape index (κ2) is 6.62. The molecule has 1 heterocycles. The fourth-order valence-electron chi connectivity index (χ4n) is 2.60. The number of alkyl halides is 1. The van der Waals surface area contributed by atoms with E-state index in [4.69, 9.17) is 9.47 Å². The number of hydrogen-bond donors (Lipinski definition) is 0. The molecule has 2 unspecified atom stereocenters. The van der Waals surface area contributed by atoms with E-state index in [0.29, 0.717) is 12.8 Å².